The van der Waals surface area contributed by atoms with E-state index in [0.29, 0.717) is 10.4 Å². The van der Waals surface area contributed by atoms with Crippen LogP contribution in [0.1, 0.15) is 19.5 Å². The third-order valence-electron chi connectivity index (χ3n) is 3.25. The lowest BCUT2D eigenvalue weighted by Gasteiger charge is -2.14. The minimum Gasteiger partial charge on any atom is -0.294 e. The first-order valence-corrected chi connectivity index (χ1v) is 6.93. The van der Waals surface area contributed by atoms with Crippen LogP contribution in [0.25, 0.3) is 16.5 Å². The number of aryl methyl sites for hydroxylation is 1. The SMILES string of the molecule is C/C=C(\C=NC)n1c(CC)cc2cccc(Cl)c2c1=O. The van der Waals surface area contributed by atoms with Crippen LogP contribution in [0.5, 0.6) is 0 Å². The number of benzene rings is 1. The molecule has 4 heteroatoms. The first kappa shape index (κ1) is 14.5. The van der Waals surface area contributed by atoms with Crippen molar-refractivity contribution in [2.45, 2.75) is 20.3 Å². The minimum atomic E-state index is -0.0991. The number of rotatable bonds is 3. The average molecular weight is 289 g/mol. The van der Waals surface area contributed by atoms with Crippen LogP contribution in [0.15, 0.2) is 40.1 Å². The van der Waals surface area contributed by atoms with Gasteiger partial charge in [-0.25, -0.2) is 0 Å². The average Bonchev–Trinajstić information content (AvgIpc) is 2.45. The van der Waals surface area contributed by atoms with Gasteiger partial charge in [-0.1, -0.05) is 36.7 Å². The quantitative estimate of drug-likeness (QED) is 0.792. The maximum atomic E-state index is 12.8. The van der Waals surface area contributed by atoms with Gasteiger partial charge in [0.1, 0.15) is 0 Å². The fourth-order valence-corrected chi connectivity index (χ4v) is 2.57. The van der Waals surface area contributed by atoms with Crippen molar-refractivity contribution in [3.63, 3.8) is 0 Å². The number of hydrogen-bond donors (Lipinski definition) is 0. The van der Waals surface area contributed by atoms with Gasteiger partial charge in [-0.3, -0.25) is 14.4 Å². The minimum absolute atomic E-state index is 0.0991. The highest BCUT2D eigenvalue weighted by Gasteiger charge is 2.12. The van der Waals surface area contributed by atoms with Gasteiger partial charge >= 0.3 is 0 Å². The normalized spacial score (nSPS) is 12.5. The standard InChI is InChI=1S/C16H17ClN2O/c1-4-12-9-11-7-6-8-14(17)15(11)16(20)19(12)13(5-2)10-18-3/h5-10H,4H2,1-3H3/b13-5+,18-10?. The van der Waals surface area contributed by atoms with Crippen LogP contribution in [0.3, 0.4) is 0 Å². The Labute approximate surface area is 123 Å². The molecule has 0 spiro atoms. The number of hydrogen-bond acceptors (Lipinski definition) is 2. The second-order valence-corrected chi connectivity index (χ2v) is 4.84. The van der Waals surface area contributed by atoms with E-state index < -0.39 is 0 Å². The maximum absolute atomic E-state index is 12.8. The monoisotopic (exact) mass is 288 g/mol. The maximum Gasteiger partial charge on any atom is 0.264 e. The Morgan fingerprint density at radius 3 is 2.80 bits per heavy atom. The second-order valence-electron chi connectivity index (χ2n) is 4.43. The summed E-state index contributed by atoms with van der Waals surface area (Å²) in [6.07, 6.45) is 4.31. The summed E-state index contributed by atoms with van der Waals surface area (Å²) in [7, 11) is 1.69. The molecule has 20 heavy (non-hydrogen) atoms. The molecular weight excluding hydrogens is 272 g/mol. The molecule has 1 heterocycles. The molecule has 0 aliphatic carbocycles. The number of nitrogens with zero attached hydrogens (tertiary/aromatic N) is 2. The molecule has 104 valence electrons. The first-order valence-electron chi connectivity index (χ1n) is 6.56. The molecule has 0 saturated carbocycles. The number of fused-ring (bicyclic) bond motifs is 1. The summed E-state index contributed by atoms with van der Waals surface area (Å²) in [5.41, 5.74) is 1.60. The van der Waals surface area contributed by atoms with Gasteiger partial charge in [0.05, 0.1) is 16.1 Å². The van der Waals surface area contributed by atoms with Crippen molar-refractivity contribution in [3.05, 3.63) is 51.4 Å². The summed E-state index contributed by atoms with van der Waals surface area (Å²) >= 11 is 6.19. The molecule has 3 nitrogen and oxygen atoms in total. The van der Waals surface area contributed by atoms with Gasteiger partial charge in [0.2, 0.25) is 0 Å². The van der Waals surface area contributed by atoms with E-state index in [0.717, 1.165) is 23.2 Å². The van der Waals surface area contributed by atoms with E-state index in [2.05, 4.69) is 4.99 Å². The summed E-state index contributed by atoms with van der Waals surface area (Å²) < 4.78 is 1.68. The molecule has 2 aromatic rings. The van der Waals surface area contributed by atoms with Crippen LogP contribution >= 0.6 is 11.6 Å². The largest absolute Gasteiger partial charge is 0.294 e. The molecule has 0 aliphatic rings. The van der Waals surface area contributed by atoms with Crippen molar-refractivity contribution in [1.82, 2.24) is 4.57 Å². The Balaban J connectivity index is 2.93. The van der Waals surface area contributed by atoms with E-state index in [1.165, 1.54) is 0 Å². The van der Waals surface area contributed by atoms with Crippen molar-refractivity contribution < 1.29 is 0 Å². The zero-order valence-electron chi connectivity index (χ0n) is 11.9. The number of pyridine rings is 1. The molecule has 0 radical (unpaired) electrons. The summed E-state index contributed by atoms with van der Waals surface area (Å²) in [6.45, 7) is 3.91. The van der Waals surface area contributed by atoms with Gasteiger partial charge in [0.15, 0.2) is 0 Å². The number of halogens is 1. The first-order chi connectivity index (χ1) is 9.63. The van der Waals surface area contributed by atoms with Gasteiger partial charge in [0, 0.05) is 19.0 Å². The van der Waals surface area contributed by atoms with Crippen LogP contribution < -0.4 is 5.56 Å². The Morgan fingerprint density at radius 1 is 1.45 bits per heavy atom. The predicted molar refractivity (Wildman–Crippen MR) is 87.0 cm³/mol. The van der Waals surface area contributed by atoms with Gasteiger partial charge in [-0.05, 0) is 30.9 Å². The number of aromatic nitrogens is 1. The van der Waals surface area contributed by atoms with Crippen LogP contribution in [-0.2, 0) is 6.42 Å². The predicted octanol–water partition coefficient (Wildman–Crippen LogP) is 3.78. The fraction of sp³-hybridized carbons (Fsp3) is 0.250. The van der Waals surface area contributed by atoms with E-state index >= 15 is 0 Å². The molecule has 0 bridgehead atoms. The highest BCUT2D eigenvalue weighted by atomic mass is 35.5. The molecule has 0 saturated heterocycles. The Hall–Kier alpha value is -1.87. The Kier molecular flexibility index (Phi) is 4.40. The third kappa shape index (κ3) is 2.41. The second kappa shape index (κ2) is 6.06. The highest BCUT2D eigenvalue weighted by Crippen LogP contribution is 2.22. The van der Waals surface area contributed by atoms with Crippen LogP contribution in [0.4, 0.5) is 0 Å². The Bertz CT molecular complexity index is 757. The van der Waals surface area contributed by atoms with Crippen molar-refractivity contribution in [2.24, 2.45) is 4.99 Å². The molecule has 1 aromatic carbocycles. The molecule has 0 amide bonds. The lowest BCUT2D eigenvalue weighted by molar-refractivity contribution is 0.917. The van der Waals surface area contributed by atoms with E-state index in [1.54, 1.807) is 23.9 Å². The molecule has 0 unspecified atom stereocenters. The molecule has 0 atom stereocenters. The number of aliphatic imine (C=N–C) groups is 1. The highest BCUT2D eigenvalue weighted by molar-refractivity contribution is 6.35. The molecule has 0 N–H and O–H groups in total. The lowest BCUT2D eigenvalue weighted by atomic mass is 10.1. The third-order valence-corrected chi connectivity index (χ3v) is 3.56. The Morgan fingerprint density at radius 2 is 2.20 bits per heavy atom. The van der Waals surface area contributed by atoms with E-state index in [9.17, 15) is 4.79 Å². The van der Waals surface area contributed by atoms with Gasteiger partial charge in [0.25, 0.3) is 5.56 Å². The van der Waals surface area contributed by atoms with Crippen molar-refractivity contribution in [2.75, 3.05) is 7.05 Å². The van der Waals surface area contributed by atoms with Crippen LogP contribution in [0, 0.1) is 0 Å². The fourth-order valence-electron chi connectivity index (χ4n) is 2.31. The summed E-state index contributed by atoms with van der Waals surface area (Å²) in [5.74, 6) is 0. The summed E-state index contributed by atoms with van der Waals surface area (Å²) in [5, 5.41) is 1.91. The zero-order valence-corrected chi connectivity index (χ0v) is 12.6. The number of allylic oxidation sites excluding steroid dienone is 2. The summed E-state index contributed by atoms with van der Waals surface area (Å²) in [6, 6.07) is 7.52. The topological polar surface area (TPSA) is 34.4 Å². The molecule has 0 aliphatic heterocycles. The lowest BCUT2D eigenvalue weighted by Crippen LogP contribution is -2.23. The van der Waals surface area contributed by atoms with Gasteiger partial charge in [-0.15, -0.1) is 0 Å². The van der Waals surface area contributed by atoms with Gasteiger partial charge in [-0.2, -0.15) is 0 Å². The van der Waals surface area contributed by atoms with Crippen molar-refractivity contribution in [1.29, 1.82) is 0 Å². The van der Waals surface area contributed by atoms with E-state index in [4.69, 9.17) is 11.6 Å². The van der Waals surface area contributed by atoms with Crippen molar-refractivity contribution >= 4 is 34.3 Å². The smallest absolute Gasteiger partial charge is 0.264 e. The van der Waals surface area contributed by atoms with Crippen molar-refractivity contribution in [3.8, 4) is 0 Å². The van der Waals surface area contributed by atoms with E-state index in [-0.39, 0.29) is 5.56 Å². The van der Waals surface area contributed by atoms with Crippen LogP contribution in [0.2, 0.25) is 5.02 Å². The molecular formula is C16H17ClN2O. The van der Waals surface area contributed by atoms with E-state index in [1.807, 2.05) is 38.1 Å². The zero-order chi connectivity index (χ0) is 14.7. The molecule has 0 fully saturated rings. The molecule has 1 aromatic heterocycles. The molecule has 2 rings (SSSR count). The van der Waals surface area contributed by atoms with Crippen LogP contribution in [-0.4, -0.2) is 17.8 Å². The summed E-state index contributed by atoms with van der Waals surface area (Å²) in [4.78, 5) is 16.8. The van der Waals surface area contributed by atoms with Gasteiger partial charge < -0.3 is 0 Å².